The van der Waals surface area contributed by atoms with Gasteiger partial charge >= 0.3 is 5.97 Å². The highest BCUT2D eigenvalue weighted by Gasteiger charge is 2.45. The van der Waals surface area contributed by atoms with Gasteiger partial charge in [0.15, 0.2) is 0 Å². The summed E-state index contributed by atoms with van der Waals surface area (Å²) in [7, 11) is 1.38. The summed E-state index contributed by atoms with van der Waals surface area (Å²) in [5.41, 5.74) is 3.42. The molecule has 1 aromatic rings. The minimum absolute atomic E-state index is 0.0254. The van der Waals surface area contributed by atoms with Crippen molar-refractivity contribution < 1.29 is 19.1 Å². The second-order valence-electron chi connectivity index (χ2n) is 8.12. The molecule has 0 aromatic heterocycles. The van der Waals surface area contributed by atoms with E-state index in [0.717, 1.165) is 42.4 Å². The van der Waals surface area contributed by atoms with Crippen LogP contribution in [0.5, 0.6) is 0 Å². The number of hydrogen-bond acceptors (Lipinski definition) is 4. The Labute approximate surface area is 169 Å². The van der Waals surface area contributed by atoms with Crippen LogP contribution in [0.4, 0.5) is 0 Å². The molecule has 5 nitrogen and oxygen atoms in total. The third-order valence-corrected chi connectivity index (χ3v) is 5.69. The average molecular weight is 390 g/mol. The van der Waals surface area contributed by atoms with Gasteiger partial charge in [-0.1, -0.05) is 31.0 Å². The first kappa shape index (κ1) is 22.4. The third kappa shape index (κ3) is 5.57. The number of benzene rings is 1. The zero-order valence-electron chi connectivity index (χ0n) is 18.0. The molecule has 1 fully saturated rings. The number of aryl methyl sites for hydroxylation is 3. The van der Waals surface area contributed by atoms with E-state index in [0.29, 0.717) is 19.4 Å². The maximum Gasteiger partial charge on any atom is 0.331 e. The van der Waals surface area contributed by atoms with Crippen LogP contribution < -0.4 is 5.32 Å². The number of methoxy groups -OCH3 is 1. The largest absolute Gasteiger partial charge is 0.467 e. The summed E-state index contributed by atoms with van der Waals surface area (Å²) >= 11 is 0. The molecule has 1 aliphatic rings. The van der Waals surface area contributed by atoms with E-state index >= 15 is 0 Å². The molecule has 1 aromatic carbocycles. The van der Waals surface area contributed by atoms with Gasteiger partial charge in [-0.15, -0.1) is 0 Å². The van der Waals surface area contributed by atoms with Crippen molar-refractivity contribution in [3.8, 4) is 0 Å². The standard InChI is InChI=1S/C23H35NO4/c1-6-7-11-28-19-9-8-10-23(15-19,22(26)27-5)24-21(25)14-20-17(3)12-16(2)13-18(20)4/h12-13,19H,6-11,14-15H2,1-5H3,(H,24,25). The van der Waals surface area contributed by atoms with Crippen LogP contribution in [0.3, 0.4) is 0 Å². The van der Waals surface area contributed by atoms with Crippen molar-refractivity contribution >= 4 is 11.9 Å². The molecule has 0 radical (unpaired) electrons. The Morgan fingerprint density at radius 3 is 2.50 bits per heavy atom. The van der Waals surface area contributed by atoms with Crippen molar-refractivity contribution in [1.29, 1.82) is 0 Å². The average Bonchev–Trinajstić information content (AvgIpc) is 2.64. The van der Waals surface area contributed by atoms with Gasteiger partial charge in [0.05, 0.1) is 19.6 Å². The quantitative estimate of drug-likeness (QED) is 0.540. The van der Waals surface area contributed by atoms with Gasteiger partial charge < -0.3 is 14.8 Å². The minimum Gasteiger partial charge on any atom is -0.467 e. The van der Waals surface area contributed by atoms with E-state index in [9.17, 15) is 9.59 Å². The SMILES string of the molecule is CCCCOC1CCCC(NC(=O)Cc2c(C)cc(C)cc2C)(C(=O)OC)C1. The monoisotopic (exact) mass is 389 g/mol. The first-order valence-electron chi connectivity index (χ1n) is 10.4. The fourth-order valence-corrected chi connectivity index (χ4v) is 4.27. The third-order valence-electron chi connectivity index (χ3n) is 5.69. The number of esters is 1. The summed E-state index contributed by atoms with van der Waals surface area (Å²) in [6.07, 6.45) is 5.11. The molecule has 1 amide bonds. The van der Waals surface area contributed by atoms with Crippen LogP contribution >= 0.6 is 0 Å². The highest BCUT2D eigenvalue weighted by atomic mass is 16.5. The second kappa shape index (κ2) is 10.1. The predicted octanol–water partition coefficient (Wildman–Crippen LogP) is 3.94. The normalized spacial score (nSPS) is 22.0. The van der Waals surface area contributed by atoms with Gasteiger partial charge in [-0.05, 0) is 63.1 Å². The summed E-state index contributed by atoms with van der Waals surface area (Å²) in [5.74, 6) is -0.517. The second-order valence-corrected chi connectivity index (χ2v) is 8.12. The molecular weight excluding hydrogens is 354 g/mol. The van der Waals surface area contributed by atoms with E-state index < -0.39 is 5.54 Å². The minimum atomic E-state index is -0.993. The number of carbonyl (C=O) groups excluding carboxylic acids is 2. The highest BCUT2D eigenvalue weighted by Crippen LogP contribution is 2.32. The summed E-state index contributed by atoms with van der Waals surface area (Å²) in [6, 6.07) is 4.17. The molecule has 1 aliphatic carbocycles. The van der Waals surface area contributed by atoms with E-state index in [1.807, 2.05) is 13.8 Å². The molecule has 0 spiro atoms. The lowest BCUT2D eigenvalue weighted by Gasteiger charge is -2.39. The number of hydrogen-bond donors (Lipinski definition) is 1. The maximum atomic E-state index is 12.9. The van der Waals surface area contributed by atoms with Crippen LogP contribution in [-0.2, 0) is 25.5 Å². The van der Waals surface area contributed by atoms with Crippen molar-refractivity contribution in [3.05, 3.63) is 34.4 Å². The number of carbonyl (C=O) groups is 2. The highest BCUT2D eigenvalue weighted by molar-refractivity contribution is 5.89. The fraction of sp³-hybridized carbons (Fsp3) is 0.652. The van der Waals surface area contributed by atoms with E-state index in [4.69, 9.17) is 9.47 Å². The smallest absolute Gasteiger partial charge is 0.331 e. The van der Waals surface area contributed by atoms with Crippen LogP contribution in [0.25, 0.3) is 0 Å². The Balaban J connectivity index is 2.13. The maximum absolute atomic E-state index is 12.9. The van der Waals surface area contributed by atoms with Crippen LogP contribution in [0.15, 0.2) is 12.1 Å². The van der Waals surface area contributed by atoms with Gasteiger partial charge in [-0.2, -0.15) is 0 Å². The summed E-state index contributed by atoms with van der Waals surface area (Å²) < 4.78 is 11.0. The predicted molar refractivity (Wildman–Crippen MR) is 110 cm³/mol. The van der Waals surface area contributed by atoms with E-state index in [-0.39, 0.29) is 24.4 Å². The molecule has 0 aliphatic heterocycles. The van der Waals surface area contributed by atoms with E-state index in [1.165, 1.54) is 12.7 Å². The molecular formula is C23H35NO4. The summed E-state index contributed by atoms with van der Waals surface area (Å²) in [5, 5.41) is 3.03. The fourth-order valence-electron chi connectivity index (χ4n) is 4.27. The lowest BCUT2D eigenvalue weighted by atomic mass is 9.79. The summed E-state index contributed by atoms with van der Waals surface area (Å²) in [4.78, 5) is 25.5. The Hall–Kier alpha value is -1.88. The molecule has 2 atom stereocenters. The lowest BCUT2D eigenvalue weighted by molar-refractivity contribution is -0.155. The molecule has 0 saturated heterocycles. The number of nitrogens with one attached hydrogen (secondary N) is 1. The molecule has 0 heterocycles. The topological polar surface area (TPSA) is 64.6 Å². The van der Waals surface area contributed by atoms with Crippen molar-refractivity contribution in [2.45, 2.75) is 84.3 Å². The number of ether oxygens (including phenoxy) is 2. The Kier molecular flexibility index (Phi) is 8.05. The molecule has 2 unspecified atom stereocenters. The summed E-state index contributed by atoms with van der Waals surface area (Å²) in [6.45, 7) is 8.91. The van der Waals surface area contributed by atoms with Crippen molar-refractivity contribution in [2.75, 3.05) is 13.7 Å². The molecule has 5 heteroatoms. The van der Waals surface area contributed by atoms with Gasteiger partial charge in [-0.25, -0.2) is 4.79 Å². The van der Waals surface area contributed by atoms with Crippen molar-refractivity contribution in [2.24, 2.45) is 0 Å². The zero-order valence-corrected chi connectivity index (χ0v) is 18.0. The Morgan fingerprint density at radius 2 is 1.89 bits per heavy atom. The van der Waals surface area contributed by atoms with Crippen LogP contribution in [-0.4, -0.2) is 37.2 Å². The Morgan fingerprint density at radius 1 is 1.21 bits per heavy atom. The number of rotatable bonds is 8. The van der Waals surface area contributed by atoms with Crippen LogP contribution in [0, 0.1) is 20.8 Å². The van der Waals surface area contributed by atoms with Gasteiger partial charge in [0.25, 0.3) is 0 Å². The van der Waals surface area contributed by atoms with Crippen LogP contribution in [0.2, 0.25) is 0 Å². The van der Waals surface area contributed by atoms with Gasteiger partial charge in [0.1, 0.15) is 5.54 Å². The molecule has 28 heavy (non-hydrogen) atoms. The van der Waals surface area contributed by atoms with Crippen molar-refractivity contribution in [1.82, 2.24) is 5.32 Å². The van der Waals surface area contributed by atoms with Gasteiger partial charge in [0, 0.05) is 13.0 Å². The van der Waals surface area contributed by atoms with Crippen molar-refractivity contribution in [3.63, 3.8) is 0 Å². The van der Waals surface area contributed by atoms with Gasteiger partial charge in [0.2, 0.25) is 5.91 Å². The first-order chi connectivity index (χ1) is 13.3. The zero-order chi connectivity index (χ0) is 20.7. The van der Waals surface area contributed by atoms with Crippen LogP contribution in [0.1, 0.15) is 67.7 Å². The lowest BCUT2D eigenvalue weighted by Crippen LogP contribution is -2.59. The Bertz CT molecular complexity index is 677. The number of unbranched alkanes of at least 4 members (excludes halogenated alkanes) is 1. The molecule has 2 rings (SSSR count). The molecule has 156 valence electrons. The first-order valence-corrected chi connectivity index (χ1v) is 10.4. The van der Waals surface area contributed by atoms with Gasteiger partial charge in [-0.3, -0.25) is 4.79 Å². The molecule has 1 saturated carbocycles. The molecule has 1 N–H and O–H groups in total. The van der Waals surface area contributed by atoms with E-state index in [1.54, 1.807) is 0 Å². The number of amides is 1. The van der Waals surface area contributed by atoms with E-state index in [2.05, 4.69) is 31.3 Å². The molecule has 0 bridgehead atoms.